The van der Waals surface area contributed by atoms with E-state index >= 15 is 0 Å². The van der Waals surface area contributed by atoms with Gasteiger partial charge in [-0.1, -0.05) is 25.4 Å². The van der Waals surface area contributed by atoms with Gasteiger partial charge in [0.15, 0.2) is 0 Å². The van der Waals surface area contributed by atoms with Gasteiger partial charge in [0.2, 0.25) is 0 Å². The van der Waals surface area contributed by atoms with Crippen molar-refractivity contribution in [3.05, 3.63) is 35.0 Å². The SMILES string of the molecule is CCOC(CC)(CC)C(NN)c1cc2cc(Cl)ccc2o1. The zero-order valence-electron chi connectivity index (χ0n) is 12.8. The van der Waals surface area contributed by atoms with Gasteiger partial charge in [-0.25, -0.2) is 5.43 Å². The summed E-state index contributed by atoms with van der Waals surface area (Å²) < 4.78 is 12.0. The van der Waals surface area contributed by atoms with Gasteiger partial charge in [-0.15, -0.1) is 0 Å². The van der Waals surface area contributed by atoms with Gasteiger partial charge < -0.3 is 9.15 Å². The van der Waals surface area contributed by atoms with Crippen molar-refractivity contribution in [2.45, 2.75) is 45.3 Å². The highest BCUT2D eigenvalue weighted by Crippen LogP contribution is 2.37. The van der Waals surface area contributed by atoms with Crippen molar-refractivity contribution >= 4 is 22.6 Å². The normalized spacial score (nSPS) is 13.8. The van der Waals surface area contributed by atoms with Crippen LogP contribution in [0.15, 0.2) is 28.7 Å². The number of fused-ring (bicyclic) bond motifs is 1. The lowest BCUT2D eigenvalue weighted by molar-refractivity contribution is -0.0774. The molecule has 0 aliphatic heterocycles. The average molecular weight is 311 g/mol. The summed E-state index contributed by atoms with van der Waals surface area (Å²) in [5, 5.41) is 1.66. The van der Waals surface area contributed by atoms with Crippen molar-refractivity contribution in [1.29, 1.82) is 0 Å². The molecule has 3 N–H and O–H groups in total. The highest BCUT2D eigenvalue weighted by Gasteiger charge is 2.39. The van der Waals surface area contributed by atoms with Crippen LogP contribution >= 0.6 is 11.6 Å². The van der Waals surface area contributed by atoms with Crippen LogP contribution in [0.1, 0.15) is 45.4 Å². The Hall–Kier alpha value is -1.07. The molecule has 5 heteroatoms. The van der Waals surface area contributed by atoms with Gasteiger partial charge in [-0.2, -0.15) is 0 Å². The number of hydrogen-bond acceptors (Lipinski definition) is 4. The maximum absolute atomic E-state index is 6.03. The van der Waals surface area contributed by atoms with Gasteiger partial charge >= 0.3 is 0 Å². The smallest absolute Gasteiger partial charge is 0.134 e. The van der Waals surface area contributed by atoms with Crippen molar-refractivity contribution in [2.24, 2.45) is 5.84 Å². The minimum atomic E-state index is -0.388. The van der Waals surface area contributed by atoms with Crippen molar-refractivity contribution in [2.75, 3.05) is 6.61 Å². The summed E-state index contributed by atoms with van der Waals surface area (Å²) in [6.45, 7) is 6.82. The summed E-state index contributed by atoms with van der Waals surface area (Å²) in [5.41, 5.74) is 3.28. The van der Waals surface area contributed by atoms with Crippen molar-refractivity contribution in [3.8, 4) is 0 Å². The highest BCUT2D eigenvalue weighted by atomic mass is 35.5. The predicted molar refractivity (Wildman–Crippen MR) is 86.2 cm³/mol. The van der Waals surface area contributed by atoms with E-state index in [4.69, 9.17) is 26.6 Å². The molecule has 1 aromatic heterocycles. The fourth-order valence-corrected chi connectivity index (χ4v) is 3.08. The Morgan fingerprint density at radius 3 is 2.57 bits per heavy atom. The highest BCUT2D eigenvalue weighted by molar-refractivity contribution is 6.31. The number of ether oxygens (including phenoxy) is 1. The third-order valence-electron chi connectivity index (χ3n) is 4.10. The molecule has 0 radical (unpaired) electrons. The topological polar surface area (TPSA) is 60.4 Å². The molecule has 1 aromatic carbocycles. The first kappa shape index (κ1) is 16.3. The lowest BCUT2D eigenvalue weighted by Gasteiger charge is -2.37. The van der Waals surface area contributed by atoms with E-state index in [-0.39, 0.29) is 11.6 Å². The van der Waals surface area contributed by atoms with Gasteiger partial charge in [-0.3, -0.25) is 5.84 Å². The molecule has 0 spiro atoms. The van der Waals surface area contributed by atoms with E-state index in [0.29, 0.717) is 11.6 Å². The molecule has 1 atom stereocenters. The number of hydrazine groups is 1. The molecule has 4 nitrogen and oxygen atoms in total. The minimum Gasteiger partial charge on any atom is -0.459 e. The molecular weight excluding hydrogens is 288 g/mol. The Morgan fingerprint density at radius 1 is 1.29 bits per heavy atom. The minimum absolute atomic E-state index is 0.210. The molecular formula is C16H23ClN2O2. The van der Waals surface area contributed by atoms with Gasteiger partial charge in [0.1, 0.15) is 17.4 Å². The molecule has 116 valence electrons. The molecule has 21 heavy (non-hydrogen) atoms. The number of rotatable bonds is 7. The number of nitrogens with one attached hydrogen (secondary N) is 1. The van der Waals surface area contributed by atoms with E-state index in [2.05, 4.69) is 19.3 Å². The molecule has 2 aromatic rings. The quantitative estimate of drug-likeness (QED) is 0.595. The monoisotopic (exact) mass is 310 g/mol. The van der Waals surface area contributed by atoms with Crippen LogP contribution in [0.3, 0.4) is 0 Å². The number of furan rings is 1. The van der Waals surface area contributed by atoms with Gasteiger partial charge in [0.25, 0.3) is 0 Å². The van der Waals surface area contributed by atoms with Crippen molar-refractivity contribution < 1.29 is 9.15 Å². The second kappa shape index (κ2) is 6.79. The summed E-state index contributed by atoms with van der Waals surface area (Å²) in [6.07, 6.45) is 1.67. The van der Waals surface area contributed by atoms with E-state index in [1.165, 1.54) is 0 Å². The first-order valence-electron chi connectivity index (χ1n) is 7.39. The Balaban J connectivity index is 2.46. The van der Waals surface area contributed by atoms with Gasteiger partial charge in [0, 0.05) is 17.0 Å². The molecule has 0 saturated carbocycles. The molecule has 1 heterocycles. The lowest BCUT2D eigenvalue weighted by atomic mass is 9.87. The zero-order chi connectivity index (χ0) is 15.5. The number of hydrogen-bond donors (Lipinski definition) is 2. The predicted octanol–water partition coefficient (Wildman–Crippen LogP) is 4.19. The molecule has 0 aliphatic rings. The first-order valence-corrected chi connectivity index (χ1v) is 7.77. The van der Waals surface area contributed by atoms with Crippen LogP contribution in [0, 0.1) is 0 Å². The lowest BCUT2D eigenvalue weighted by Crippen LogP contribution is -2.47. The summed E-state index contributed by atoms with van der Waals surface area (Å²) >= 11 is 6.03. The molecule has 0 aliphatic carbocycles. The third-order valence-corrected chi connectivity index (χ3v) is 4.34. The van der Waals surface area contributed by atoms with Crippen LogP contribution in [-0.2, 0) is 4.74 Å². The number of nitrogens with two attached hydrogens (primary N) is 1. The van der Waals surface area contributed by atoms with Crippen LogP contribution in [-0.4, -0.2) is 12.2 Å². The largest absolute Gasteiger partial charge is 0.459 e. The molecule has 1 unspecified atom stereocenters. The van der Waals surface area contributed by atoms with E-state index in [9.17, 15) is 0 Å². The molecule has 0 saturated heterocycles. The molecule has 0 amide bonds. The van der Waals surface area contributed by atoms with Crippen molar-refractivity contribution in [1.82, 2.24) is 5.43 Å². The third kappa shape index (κ3) is 3.09. The Labute approximate surface area is 130 Å². The number of benzene rings is 1. The fraction of sp³-hybridized carbons (Fsp3) is 0.500. The Kier molecular flexibility index (Phi) is 5.27. The van der Waals surface area contributed by atoms with Crippen LogP contribution in [0.25, 0.3) is 11.0 Å². The summed E-state index contributed by atoms with van der Waals surface area (Å²) in [6, 6.07) is 7.34. The van der Waals surface area contributed by atoms with Crippen LogP contribution in [0.4, 0.5) is 0 Å². The van der Waals surface area contributed by atoms with Crippen LogP contribution < -0.4 is 11.3 Å². The Bertz CT molecular complexity index is 593. The maximum atomic E-state index is 6.03. The van der Waals surface area contributed by atoms with Gasteiger partial charge in [0.05, 0.1) is 5.60 Å². The first-order chi connectivity index (χ1) is 10.1. The van der Waals surface area contributed by atoms with E-state index in [1.54, 1.807) is 0 Å². The summed E-state index contributed by atoms with van der Waals surface area (Å²) in [7, 11) is 0. The summed E-state index contributed by atoms with van der Waals surface area (Å²) in [5.74, 6) is 6.58. The molecule has 0 fully saturated rings. The number of halogens is 1. The maximum Gasteiger partial charge on any atom is 0.134 e. The van der Waals surface area contributed by atoms with E-state index in [1.807, 2.05) is 31.2 Å². The fourth-order valence-electron chi connectivity index (χ4n) is 2.90. The van der Waals surface area contributed by atoms with Crippen molar-refractivity contribution in [3.63, 3.8) is 0 Å². The second-order valence-corrected chi connectivity index (χ2v) is 5.57. The zero-order valence-corrected chi connectivity index (χ0v) is 13.5. The van der Waals surface area contributed by atoms with E-state index in [0.717, 1.165) is 29.6 Å². The second-order valence-electron chi connectivity index (χ2n) is 5.14. The Morgan fingerprint density at radius 2 is 2.00 bits per heavy atom. The van der Waals surface area contributed by atoms with E-state index < -0.39 is 0 Å². The standard InChI is InChI=1S/C16H23ClN2O2/c1-4-16(5-2,20-6-3)15(19-18)14-10-11-9-12(17)7-8-13(11)21-14/h7-10,15,19H,4-6,18H2,1-3H3. The van der Waals surface area contributed by atoms with Gasteiger partial charge in [-0.05, 0) is 44.0 Å². The van der Waals surface area contributed by atoms with Crippen LogP contribution in [0.2, 0.25) is 5.02 Å². The summed E-state index contributed by atoms with van der Waals surface area (Å²) in [4.78, 5) is 0. The van der Waals surface area contributed by atoms with Crippen LogP contribution in [0.5, 0.6) is 0 Å². The molecule has 0 bridgehead atoms. The average Bonchev–Trinajstić information content (AvgIpc) is 2.89. The molecule has 2 rings (SSSR count).